The predicted molar refractivity (Wildman–Crippen MR) is 94.0 cm³/mol. The van der Waals surface area contributed by atoms with Crippen LogP contribution in [0.5, 0.6) is 11.6 Å². The summed E-state index contributed by atoms with van der Waals surface area (Å²) in [5.74, 6) is 0.332. The molecule has 0 saturated carbocycles. The van der Waals surface area contributed by atoms with E-state index in [0.717, 1.165) is 12.4 Å². The van der Waals surface area contributed by atoms with Crippen molar-refractivity contribution >= 4 is 5.95 Å². The van der Waals surface area contributed by atoms with Gasteiger partial charge in [0.15, 0.2) is 11.6 Å². The fourth-order valence-electron chi connectivity index (χ4n) is 3.61. The van der Waals surface area contributed by atoms with Crippen LogP contribution in [-0.2, 0) is 0 Å². The first-order chi connectivity index (χ1) is 13.0. The van der Waals surface area contributed by atoms with Gasteiger partial charge in [-0.25, -0.2) is 23.7 Å². The normalized spacial score (nSPS) is 21.2. The van der Waals surface area contributed by atoms with Crippen molar-refractivity contribution in [3.8, 4) is 11.6 Å². The highest BCUT2D eigenvalue weighted by atomic mass is 19.1. The number of rotatable bonds is 3. The SMILES string of the molecule is C[C@@H]1CN(c2ncc(F)cn2)CCN1[C@@H](C)c1nc2c(cc1F)OCCO2. The van der Waals surface area contributed by atoms with E-state index in [4.69, 9.17) is 9.47 Å². The van der Waals surface area contributed by atoms with Gasteiger partial charge in [0.05, 0.1) is 24.1 Å². The first-order valence-electron chi connectivity index (χ1n) is 8.97. The quantitative estimate of drug-likeness (QED) is 0.812. The lowest BCUT2D eigenvalue weighted by Crippen LogP contribution is -2.53. The van der Waals surface area contributed by atoms with Crippen molar-refractivity contribution in [2.45, 2.75) is 25.9 Å². The second-order valence-electron chi connectivity index (χ2n) is 6.77. The van der Waals surface area contributed by atoms with Gasteiger partial charge in [-0.3, -0.25) is 4.90 Å². The molecule has 0 aromatic carbocycles. The van der Waals surface area contributed by atoms with Crippen molar-refractivity contribution in [2.75, 3.05) is 37.7 Å². The molecular weight excluding hydrogens is 356 g/mol. The zero-order valence-corrected chi connectivity index (χ0v) is 15.2. The van der Waals surface area contributed by atoms with Crippen molar-refractivity contribution in [1.29, 1.82) is 0 Å². The number of aromatic nitrogens is 3. The third-order valence-corrected chi connectivity index (χ3v) is 4.98. The highest BCUT2D eigenvalue weighted by molar-refractivity contribution is 5.38. The fraction of sp³-hybridized carbons (Fsp3) is 0.500. The number of ether oxygens (including phenoxy) is 2. The molecule has 1 saturated heterocycles. The third kappa shape index (κ3) is 3.51. The Labute approximate surface area is 155 Å². The maximum absolute atomic E-state index is 14.6. The van der Waals surface area contributed by atoms with Crippen LogP contribution in [0.15, 0.2) is 18.5 Å². The maximum atomic E-state index is 14.6. The van der Waals surface area contributed by atoms with Crippen molar-refractivity contribution in [1.82, 2.24) is 19.9 Å². The Morgan fingerprint density at radius 2 is 1.89 bits per heavy atom. The van der Waals surface area contributed by atoms with E-state index in [1.54, 1.807) is 0 Å². The summed E-state index contributed by atoms with van der Waals surface area (Å²) in [6, 6.07) is 1.23. The van der Waals surface area contributed by atoms with Gasteiger partial charge in [0.1, 0.15) is 19.0 Å². The van der Waals surface area contributed by atoms with E-state index in [9.17, 15) is 8.78 Å². The van der Waals surface area contributed by atoms with Crippen molar-refractivity contribution in [3.63, 3.8) is 0 Å². The standard InChI is InChI=1S/C18H21F2N5O2/c1-11-10-24(18-21-8-13(19)9-22-18)3-4-25(11)12(2)16-14(20)7-15-17(23-16)27-6-5-26-15/h7-9,11-12H,3-6,10H2,1-2H3/t11-,12+/m1/s1. The first kappa shape index (κ1) is 17.8. The Morgan fingerprint density at radius 1 is 1.15 bits per heavy atom. The Hall–Kier alpha value is -2.55. The van der Waals surface area contributed by atoms with Gasteiger partial charge in [0.25, 0.3) is 5.88 Å². The van der Waals surface area contributed by atoms with Gasteiger partial charge in [-0.1, -0.05) is 0 Å². The maximum Gasteiger partial charge on any atom is 0.257 e. The van der Waals surface area contributed by atoms with E-state index < -0.39 is 11.6 Å². The highest BCUT2D eigenvalue weighted by Crippen LogP contribution is 2.34. The molecule has 0 aliphatic carbocycles. The molecule has 4 heterocycles. The van der Waals surface area contributed by atoms with E-state index in [-0.39, 0.29) is 12.1 Å². The lowest BCUT2D eigenvalue weighted by molar-refractivity contribution is 0.128. The van der Waals surface area contributed by atoms with Crippen LogP contribution in [0.3, 0.4) is 0 Å². The number of anilines is 1. The molecule has 0 bridgehead atoms. The summed E-state index contributed by atoms with van der Waals surface area (Å²) >= 11 is 0. The molecule has 2 aromatic heterocycles. The lowest BCUT2D eigenvalue weighted by Gasteiger charge is -2.42. The predicted octanol–water partition coefficient (Wildman–Crippen LogP) is 2.19. The second-order valence-corrected chi connectivity index (χ2v) is 6.77. The number of halogens is 2. The lowest BCUT2D eigenvalue weighted by atomic mass is 10.1. The van der Waals surface area contributed by atoms with Crippen molar-refractivity contribution < 1.29 is 18.3 Å². The molecule has 7 nitrogen and oxygen atoms in total. The minimum absolute atomic E-state index is 0.108. The van der Waals surface area contributed by atoms with Crippen LogP contribution >= 0.6 is 0 Å². The summed E-state index contributed by atoms with van der Waals surface area (Å²) < 4.78 is 38.5. The fourth-order valence-corrected chi connectivity index (χ4v) is 3.61. The smallest absolute Gasteiger partial charge is 0.257 e. The van der Waals surface area contributed by atoms with Crippen LogP contribution in [0.2, 0.25) is 0 Å². The molecular formula is C18H21F2N5O2. The first-order valence-corrected chi connectivity index (χ1v) is 8.97. The molecule has 4 rings (SSSR count). The molecule has 0 radical (unpaired) electrons. The van der Waals surface area contributed by atoms with Gasteiger partial charge in [-0.15, -0.1) is 0 Å². The number of nitrogens with zero attached hydrogens (tertiary/aromatic N) is 5. The number of fused-ring (bicyclic) bond motifs is 1. The molecule has 0 unspecified atom stereocenters. The molecule has 0 N–H and O–H groups in total. The van der Waals surface area contributed by atoms with E-state index in [0.29, 0.717) is 56.1 Å². The number of hydrogen-bond donors (Lipinski definition) is 0. The largest absolute Gasteiger partial charge is 0.484 e. The Balaban J connectivity index is 1.50. The highest BCUT2D eigenvalue weighted by Gasteiger charge is 2.32. The van der Waals surface area contributed by atoms with Gasteiger partial charge in [0.2, 0.25) is 5.95 Å². The van der Waals surface area contributed by atoms with Crippen LogP contribution in [-0.4, -0.2) is 58.7 Å². The van der Waals surface area contributed by atoms with Gasteiger partial charge < -0.3 is 14.4 Å². The monoisotopic (exact) mass is 377 g/mol. The van der Waals surface area contributed by atoms with E-state index in [1.165, 1.54) is 6.07 Å². The molecule has 0 spiro atoms. The summed E-state index contributed by atoms with van der Waals surface area (Å²) in [6.45, 7) is 6.79. The van der Waals surface area contributed by atoms with Crippen LogP contribution in [0.1, 0.15) is 25.6 Å². The molecule has 2 aromatic rings. The van der Waals surface area contributed by atoms with Crippen molar-refractivity contribution in [2.24, 2.45) is 0 Å². The third-order valence-electron chi connectivity index (χ3n) is 4.98. The molecule has 27 heavy (non-hydrogen) atoms. The molecule has 2 aliphatic heterocycles. The van der Waals surface area contributed by atoms with Crippen LogP contribution in [0, 0.1) is 11.6 Å². The van der Waals surface area contributed by atoms with Crippen molar-refractivity contribution in [3.05, 3.63) is 35.8 Å². The Bertz CT molecular complexity index is 820. The molecule has 1 fully saturated rings. The average Bonchev–Trinajstić information content (AvgIpc) is 2.67. The summed E-state index contributed by atoms with van der Waals surface area (Å²) in [4.78, 5) is 16.6. The number of hydrogen-bond acceptors (Lipinski definition) is 7. The second kappa shape index (κ2) is 7.22. The average molecular weight is 377 g/mol. The van der Waals surface area contributed by atoms with Gasteiger partial charge in [-0.2, -0.15) is 0 Å². The topological polar surface area (TPSA) is 63.6 Å². The van der Waals surface area contributed by atoms with Gasteiger partial charge in [-0.05, 0) is 13.8 Å². The van der Waals surface area contributed by atoms with Gasteiger partial charge >= 0.3 is 0 Å². The van der Waals surface area contributed by atoms with Crippen LogP contribution in [0.25, 0.3) is 0 Å². The zero-order valence-electron chi connectivity index (χ0n) is 15.2. The van der Waals surface area contributed by atoms with Crippen LogP contribution < -0.4 is 14.4 Å². The van der Waals surface area contributed by atoms with Crippen LogP contribution in [0.4, 0.5) is 14.7 Å². The molecule has 2 atom stereocenters. The molecule has 9 heteroatoms. The summed E-state index contributed by atoms with van der Waals surface area (Å²) in [6.07, 6.45) is 2.33. The molecule has 144 valence electrons. The molecule has 0 amide bonds. The van der Waals surface area contributed by atoms with E-state index in [1.807, 2.05) is 11.8 Å². The van der Waals surface area contributed by atoms with E-state index >= 15 is 0 Å². The zero-order chi connectivity index (χ0) is 19.0. The minimum atomic E-state index is -0.459. The Morgan fingerprint density at radius 3 is 2.63 bits per heavy atom. The minimum Gasteiger partial charge on any atom is -0.484 e. The number of pyridine rings is 1. The summed E-state index contributed by atoms with van der Waals surface area (Å²) in [7, 11) is 0. The van der Waals surface area contributed by atoms with Gasteiger partial charge in [0, 0.05) is 31.7 Å². The Kier molecular flexibility index (Phi) is 4.77. The summed E-state index contributed by atoms with van der Waals surface area (Å²) in [5, 5.41) is 0. The molecule has 2 aliphatic rings. The summed E-state index contributed by atoms with van der Waals surface area (Å²) in [5.41, 5.74) is 0.345. The van der Waals surface area contributed by atoms with E-state index in [2.05, 4.69) is 26.8 Å². The number of piperazine rings is 1.